The molecule has 2 aliphatic heterocycles. The second-order valence-corrected chi connectivity index (χ2v) is 14.3. The van der Waals surface area contributed by atoms with Crippen molar-refractivity contribution >= 4 is 29.3 Å². The summed E-state index contributed by atoms with van der Waals surface area (Å²) in [6.07, 6.45) is 7.28. The molecule has 2 heterocycles. The number of ether oxygens (including phenoxy) is 1. The molecule has 49 heavy (non-hydrogen) atoms. The zero-order valence-corrected chi connectivity index (χ0v) is 27.8. The van der Waals surface area contributed by atoms with Crippen LogP contribution in [0, 0.1) is 30.6 Å². The number of likely N-dealkylation sites (tertiary alicyclic amines) is 1. The molecule has 2 saturated heterocycles. The number of amides is 4. The number of hydrogen-bond donors (Lipinski definition) is 2. The molecule has 2 saturated carbocycles. The largest absolute Gasteiger partial charge is 0.508 e. The van der Waals surface area contributed by atoms with Gasteiger partial charge in [0.05, 0.1) is 36.0 Å². The molecule has 4 fully saturated rings. The third kappa shape index (κ3) is 4.57. The van der Waals surface area contributed by atoms with E-state index in [9.17, 15) is 19.5 Å². The highest BCUT2D eigenvalue weighted by molar-refractivity contribution is 6.13. The number of carbonyl (C=O) groups excluding carboxylic acids is 4. The van der Waals surface area contributed by atoms with Gasteiger partial charge in [0.15, 0.2) is 0 Å². The van der Waals surface area contributed by atoms with Gasteiger partial charge in [-0.1, -0.05) is 85.0 Å². The Bertz CT molecular complexity index is 1870. The maximum atomic E-state index is 15.3. The highest BCUT2D eigenvalue weighted by Crippen LogP contribution is 2.66. The predicted molar refractivity (Wildman–Crippen MR) is 182 cm³/mol. The number of anilines is 1. The minimum Gasteiger partial charge on any atom is -0.508 e. The number of methoxy groups -OCH3 is 1. The van der Waals surface area contributed by atoms with Crippen LogP contribution in [-0.2, 0) is 24.6 Å². The second-order valence-electron chi connectivity index (χ2n) is 14.3. The Labute approximate surface area is 285 Å². The number of allylic oxidation sites excluding steroid dienone is 2. The zero-order chi connectivity index (χ0) is 34.0. The Kier molecular flexibility index (Phi) is 7.61. The number of nitrogens with one attached hydrogen (secondary N) is 1. The van der Waals surface area contributed by atoms with E-state index in [-0.39, 0.29) is 30.0 Å². The van der Waals surface area contributed by atoms with E-state index in [0.29, 0.717) is 29.0 Å². The van der Waals surface area contributed by atoms with E-state index in [1.807, 2.05) is 67.6 Å². The first kappa shape index (κ1) is 31.4. The molecule has 252 valence electrons. The van der Waals surface area contributed by atoms with Crippen LogP contribution >= 0.6 is 0 Å². The second kappa shape index (κ2) is 11.9. The van der Waals surface area contributed by atoms with Gasteiger partial charge in [-0.3, -0.25) is 29.5 Å². The maximum absolute atomic E-state index is 15.3. The molecule has 2 N–H and O–H groups in total. The molecule has 0 bridgehead atoms. The Morgan fingerprint density at radius 3 is 2.29 bits per heavy atom. The lowest BCUT2D eigenvalue weighted by atomic mass is 9.49. The molecule has 9 heteroatoms. The lowest BCUT2D eigenvalue weighted by Crippen LogP contribution is -2.53. The first-order valence-corrected chi connectivity index (χ1v) is 17.5. The van der Waals surface area contributed by atoms with Crippen molar-refractivity contribution < 1.29 is 29.0 Å². The molecule has 0 spiro atoms. The molecule has 3 aromatic rings. The number of fused-ring (bicyclic) bond motifs is 4. The lowest BCUT2D eigenvalue weighted by molar-refractivity contribution is -0.144. The zero-order valence-electron chi connectivity index (χ0n) is 27.8. The van der Waals surface area contributed by atoms with Crippen LogP contribution in [0.2, 0.25) is 0 Å². The number of benzene rings is 3. The fourth-order valence-electron chi connectivity index (χ4n) is 9.79. The van der Waals surface area contributed by atoms with E-state index < -0.39 is 46.8 Å². The fraction of sp³-hybridized carbons (Fsp3) is 0.400. The van der Waals surface area contributed by atoms with Crippen LogP contribution in [0.5, 0.6) is 11.5 Å². The van der Waals surface area contributed by atoms with E-state index in [2.05, 4.69) is 5.43 Å². The molecular formula is C40H41N3O6. The van der Waals surface area contributed by atoms with Crippen LogP contribution in [0.1, 0.15) is 67.6 Å². The summed E-state index contributed by atoms with van der Waals surface area (Å²) in [4.78, 5) is 60.1. The lowest BCUT2D eigenvalue weighted by Gasteiger charge is -2.50. The monoisotopic (exact) mass is 659 g/mol. The van der Waals surface area contributed by atoms with Gasteiger partial charge in [0.2, 0.25) is 11.8 Å². The van der Waals surface area contributed by atoms with E-state index in [1.165, 1.54) is 7.11 Å². The molecule has 5 aliphatic rings. The summed E-state index contributed by atoms with van der Waals surface area (Å²) >= 11 is 0. The van der Waals surface area contributed by atoms with Crippen LogP contribution in [-0.4, -0.2) is 51.8 Å². The minimum atomic E-state index is -1.48. The summed E-state index contributed by atoms with van der Waals surface area (Å²) in [5.74, 6) is -4.24. The summed E-state index contributed by atoms with van der Waals surface area (Å²) in [6.45, 7) is 1.96. The molecule has 0 aromatic heterocycles. The number of hydrogen-bond acceptors (Lipinski definition) is 7. The number of aromatic hydroxyl groups is 1. The van der Waals surface area contributed by atoms with Gasteiger partial charge in [-0.15, -0.1) is 0 Å². The normalized spacial score (nSPS) is 29.8. The third-order valence-corrected chi connectivity index (χ3v) is 11.9. The number of hydrazine groups is 1. The smallest absolute Gasteiger partial charge is 0.260 e. The molecule has 9 nitrogen and oxygen atoms in total. The number of phenols is 1. The Morgan fingerprint density at radius 1 is 0.837 bits per heavy atom. The molecule has 8 rings (SSSR count). The van der Waals surface area contributed by atoms with Gasteiger partial charge < -0.3 is 9.84 Å². The van der Waals surface area contributed by atoms with E-state index in [0.717, 1.165) is 48.2 Å². The van der Waals surface area contributed by atoms with Gasteiger partial charge in [-0.2, -0.15) is 5.01 Å². The predicted octanol–water partition coefficient (Wildman–Crippen LogP) is 6.03. The Morgan fingerprint density at radius 2 is 1.57 bits per heavy atom. The van der Waals surface area contributed by atoms with Crippen LogP contribution < -0.4 is 10.2 Å². The van der Waals surface area contributed by atoms with Gasteiger partial charge in [0.1, 0.15) is 11.5 Å². The highest BCUT2D eigenvalue weighted by Gasteiger charge is 2.71. The average Bonchev–Trinajstić information content (AvgIpc) is 3.50. The Balaban J connectivity index is 1.33. The van der Waals surface area contributed by atoms with Crippen molar-refractivity contribution in [3.63, 3.8) is 0 Å². The number of aryl methyl sites for hydroxylation is 1. The molecule has 4 amide bonds. The van der Waals surface area contributed by atoms with Crippen molar-refractivity contribution in [1.82, 2.24) is 9.91 Å². The average molecular weight is 660 g/mol. The quantitative estimate of drug-likeness (QED) is 0.245. The number of rotatable bonds is 6. The van der Waals surface area contributed by atoms with Gasteiger partial charge in [-0.25, -0.2) is 0 Å². The molecule has 3 aromatic carbocycles. The van der Waals surface area contributed by atoms with E-state index >= 15 is 4.79 Å². The minimum absolute atomic E-state index is 0.0649. The maximum Gasteiger partial charge on any atom is 0.260 e. The van der Waals surface area contributed by atoms with Gasteiger partial charge in [0.25, 0.3) is 11.8 Å². The first-order valence-electron chi connectivity index (χ1n) is 17.5. The van der Waals surface area contributed by atoms with Crippen molar-refractivity contribution in [2.45, 2.75) is 69.2 Å². The van der Waals surface area contributed by atoms with Crippen molar-refractivity contribution in [3.8, 4) is 11.5 Å². The molecular weight excluding hydrogens is 618 g/mol. The summed E-state index contributed by atoms with van der Waals surface area (Å²) in [5.41, 5.74) is 5.09. The molecule has 0 radical (unpaired) electrons. The Hall–Kier alpha value is -4.92. The van der Waals surface area contributed by atoms with Gasteiger partial charge in [-0.05, 0) is 68.4 Å². The molecule has 6 atom stereocenters. The molecule has 6 unspecified atom stereocenters. The fourth-order valence-corrected chi connectivity index (χ4v) is 9.79. The van der Waals surface area contributed by atoms with Crippen molar-refractivity contribution in [2.75, 3.05) is 12.5 Å². The van der Waals surface area contributed by atoms with Gasteiger partial charge >= 0.3 is 0 Å². The summed E-state index contributed by atoms with van der Waals surface area (Å²) in [7, 11) is 1.52. The standard InChI is InChI=1S/C40H41N3O6/c1-23-16-18-25(19-17-23)41-43-37(46)30-22-29-27(20-21-28-33(29)38(47)42(36(28)45)26-12-7-4-8-13-26)35(34-31(44)14-9-15-32(34)49-2)40(30,39(43)48)24-10-5-3-6-11-24/h3,5-6,9-11,14-20,26,28-30,33,35,41,44H,4,7-8,12-13,21-22H2,1-2H3. The highest BCUT2D eigenvalue weighted by atomic mass is 16.5. The first-order chi connectivity index (χ1) is 23.8. The number of carbonyl (C=O) groups is 4. The topological polar surface area (TPSA) is 116 Å². The van der Waals surface area contributed by atoms with E-state index in [1.54, 1.807) is 23.1 Å². The van der Waals surface area contributed by atoms with Crippen molar-refractivity contribution in [3.05, 3.63) is 101 Å². The SMILES string of the molecule is COc1cccc(O)c1C1C2=CCC3C(=O)N(C4CCCCC4)C(=O)C3C2CC2C(=O)N(Nc3ccc(C)cc3)C(=O)C21c1ccccc1. The third-order valence-electron chi connectivity index (χ3n) is 11.9. The summed E-state index contributed by atoms with van der Waals surface area (Å²) in [6, 6.07) is 21.7. The van der Waals surface area contributed by atoms with Crippen LogP contribution in [0.25, 0.3) is 0 Å². The number of nitrogens with zero attached hydrogens (tertiary/aromatic N) is 2. The van der Waals surface area contributed by atoms with Crippen molar-refractivity contribution in [2.24, 2.45) is 23.7 Å². The summed E-state index contributed by atoms with van der Waals surface area (Å²) < 4.78 is 5.86. The van der Waals surface area contributed by atoms with Gasteiger partial charge in [0, 0.05) is 17.5 Å². The number of imide groups is 2. The number of phenolic OH excluding ortho intramolecular Hbond substituents is 1. The molecule has 3 aliphatic carbocycles. The van der Waals surface area contributed by atoms with Crippen molar-refractivity contribution in [1.29, 1.82) is 0 Å². The van der Waals surface area contributed by atoms with Crippen LogP contribution in [0.3, 0.4) is 0 Å². The van der Waals surface area contributed by atoms with Crippen LogP contribution in [0.15, 0.2) is 84.4 Å². The van der Waals surface area contributed by atoms with Crippen LogP contribution in [0.4, 0.5) is 5.69 Å². The van der Waals surface area contributed by atoms with E-state index in [4.69, 9.17) is 4.74 Å². The summed E-state index contributed by atoms with van der Waals surface area (Å²) in [5, 5.41) is 12.8.